The van der Waals surface area contributed by atoms with Gasteiger partial charge in [-0.2, -0.15) is 5.10 Å². The molecule has 0 spiro atoms. The Kier molecular flexibility index (Phi) is 3.97. The molecule has 0 aliphatic heterocycles. The van der Waals surface area contributed by atoms with Crippen LogP contribution in [0.2, 0.25) is 0 Å². The van der Waals surface area contributed by atoms with E-state index in [-0.39, 0.29) is 12.1 Å². The van der Waals surface area contributed by atoms with Gasteiger partial charge in [-0.1, -0.05) is 0 Å². The van der Waals surface area contributed by atoms with Gasteiger partial charge in [0.2, 0.25) is 0 Å². The van der Waals surface area contributed by atoms with Crippen LogP contribution in [0.15, 0.2) is 18.5 Å². The maximum Gasteiger partial charge on any atom is 0.407 e. The van der Waals surface area contributed by atoms with Crippen LogP contribution < -0.4 is 5.32 Å². The minimum atomic E-state index is -0.382. The monoisotopic (exact) mass is 197 g/mol. The zero-order chi connectivity index (χ0) is 10.4. The van der Waals surface area contributed by atoms with E-state index in [1.807, 2.05) is 19.2 Å². The summed E-state index contributed by atoms with van der Waals surface area (Å²) in [5, 5.41) is 6.73. The van der Waals surface area contributed by atoms with E-state index in [0.717, 1.165) is 0 Å². The fourth-order valence-electron chi connectivity index (χ4n) is 1.11. The molecule has 0 aliphatic carbocycles. The van der Waals surface area contributed by atoms with E-state index in [9.17, 15) is 4.79 Å². The van der Waals surface area contributed by atoms with Crippen LogP contribution in [-0.4, -0.2) is 28.5 Å². The van der Waals surface area contributed by atoms with Gasteiger partial charge in [0.25, 0.3) is 0 Å². The number of carbonyl (C=O) groups is 1. The quantitative estimate of drug-likeness (QED) is 0.784. The number of amides is 1. The highest BCUT2D eigenvalue weighted by Gasteiger charge is 2.07. The summed E-state index contributed by atoms with van der Waals surface area (Å²) in [6.45, 7) is 4.71. The van der Waals surface area contributed by atoms with E-state index in [1.165, 1.54) is 0 Å². The molecule has 5 heteroatoms. The van der Waals surface area contributed by atoms with E-state index in [0.29, 0.717) is 13.2 Å². The molecule has 1 aromatic rings. The van der Waals surface area contributed by atoms with Gasteiger partial charge in [0.05, 0.1) is 13.2 Å². The summed E-state index contributed by atoms with van der Waals surface area (Å²) < 4.78 is 6.51. The molecule has 14 heavy (non-hydrogen) atoms. The number of ether oxygens (including phenoxy) is 1. The minimum absolute atomic E-state index is 0.00829. The van der Waals surface area contributed by atoms with Crippen LogP contribution in [0, 0.1) is 0 Å². The molecule has 1 aromatic heterocycles. The normalized spacial score (nSPS) is 12.1. The Labute approximate surface area is 83.1 Å². The van der Waals surface area contributed by atoms with Crippen LogP contribution in [0.3, 0.4) is 0 Å². The fourth-order valence-corrected chi connectivity index (χ4v) is 1.11. The summed E-state index contributed by atoms with van der Waals surface area (Å²) >= 11 is 0. The summed E-state index contributed by atoms with van der Waals surface area (Å²) in [4.78, 5) is 11.0. The van der Waals surface area contributed by atoms with Gasteiger partial charge in [-0.25, -0.2) is 4.79 Å². The first-order chi connectivity index (χ1) is 6.72. The summed E-state index contributed by atoms with van der Waals surface area (Å²) in [6.07, 6.45) is 3.17. The molecular weight excluding hydrogens is 182 g/mol. The number of aromatic nitrogens is 2. The number of hydrogen-bond acceptors (Lipinski definition) is 3. The number of hydrogen-bond donors (Lipinski definition) is 1. The van der Waals surface area contributed by atoms with Crippen molar-refractivity contribution >= 4 is 6.09 Å². The number of rotatable bonds is 4. The summed E-state index contributed by atoms with van der Waals surface area (Å²) in [5.41, 5.74) is 0. The molecule has 1 amide bonds. The third kappa shape index (κ3) is 3.47. The first kappa shape index (κ1) is 10.6. The molecule has 0 aromatic carbocycles. The average Bonchev–Trinajstić information content (AvgIpc) is 2.56. The second-order valence-corrected chi connectivity index (χ2v) is 2.99. The zero-order valence-electron chi connectivity index (χ0n) is 8.43. The van der Waals surface area contributed by atoms with Crippen molar-refractivity contribution in [2.24, 2.45) is 0 Å². The van der Waals surface area contributed by atoms with Crippen LogP contribution in [0.1, 0.15) is 13.8 Å². The summed E-state index contributed by atoms with van der Waals surface area (Å²) in [6, 6.07) is 1.85. The van der Waals surface area contributed by atoms with Crippen LogP contribution in [0.5, 0.6) is 0 Å². The van der Waals surface area contributed by atoms with Crippen LogP contribution >= 0.6 is 0 Å². The maximum absolute atomic E-state index is 11.0. The van der Waals surface area contributed by atoms with E-state index in [4.69, 9.17) is 4.74 Å². The van der Waals surface area contributed by atoms with E-state index in [2.05, 4.69) is 10.4 Å². The van der Waals surface area contributed by atoms with Crippen molar-refractivity contribution < 1.29 is 9.53 Å². The number of nitrogens with zero attached hydrogens (tertiary/aromatic N) is 2. The lowest BCUT2D eigenvalue weighted by atomic mass is 10.3. The third-order valence-electron chi connectivity index (χ3n) is 1.66. The molecule has 78 valence electrons. The van der Waals surface area contributed by atoms with Crippen LogP contribution in [-0.2, 0) is 11.3 Å². The average molecular weight is 197 g/mol. The van der Waals surface area contributed by atoms with E-state index >= 15 is 0 Å². The first-order valence-corrected chi connectivity index (χ1v) is 4.63. The van der Waals surface area contributed by atoms with E-state index < -0.39 is 0 Å². The van der Waals surface area contributed by atoms with Crippen molar-refractivity contribution in [2.75, 3.05) is 6.61 Å². The molecule has 5 nitrogen and oxygen atoms in total. The Balaban J connectivity index is 2.29. The van der Waals surface area contributed by atoms with Crippen molar-refractivity contribution in [3.8, 4) is 0 Å². The smallest absolute Gasteiger partial charge is 0.407 e. The third-order valence-corrected chi connectivity index (χ3v) is 1.66. The predicted octanol–water partition coefficient (Wildman–Crippen LogP) is 1.02. The maximum atomic E-state index is 11.0. The van der Waals surface area contributed by atoms with Gasteiger partial charge in [0.1, 0.15) is 0 Å². The van der Waals surface area contributed by atoms with Crippen LogP contribution in [0.4, 0.5) is 4.79 Å². The lowest BCUT2D eigenvalue weighted by Crippen LogP contribution is -2.36. The van der Waals surface area contributed by atoms with Crippen molar-refractivity contribution in [3.05, 3.63) is 18.5 Å². The molecule has 0 saturated carbocycles. The second kappa shape index (κ2) is 5.26. The van der Waals surface area contributed by atoms with Gasteiger partial charge in [0.15, 0.2) is 0 Å². The molecule has 1 unspecified atom stereocenters. The zero-order valence-corrected chi connectivity index (χ0v) is 8.43. The topological polar surface area (TPSA) is 56.1 Å². The van der Waals surface area contributed by atoms with Crippen molar-refractivity contribution in [3.63, 3.8) is 0 Å². The molecule has 0 saturated heterocycles. The molecular formula is C9H15N3O2. The second-order valence-electron chi connectivity index (χ2n) is 2.99. The summed E-state index contributed by atoms with van der Waals surface area (Å²) in [5.74, 6) is 0. The Morgan fingerprint density at radius 2 is 2.50 bits per heavy atom. The lowest BCUT2D eigenvalue weighted by Gasteiger charge is -2.13. The van der Waals surface area contributed by atoms with Gasteiger partial charge in [-0.15, -0.1) is 0 Å². The van der Waals surface area contributed by atoms with Crippen molar-refractivity contribution in [1.29, 1.82) is 0 Å². The Hall–Kier alpha value is -1.52. The molecule has 1 heterocycles. The fraction of sp³-hybridized carbons (Fsp3) is 0.556. The number of alkyl carbamates (subject to hydrolysis) is 1. The predicted molar refractivity (Wildman–Crippen MR) is 51.8 cm³/mol. The van der Waals surface area contributed by atoms with E-state index in [1.54, 1.807) is 17.8 Å². The highest BCUT2D eigenvalue weighted by molar-refractivity contribution is 5.67. The Bertz CT molecular complexity index is 272. The highest BCUT2D eigenvalue weighted by atomic mass is 16.5. The Morgan fingerprint density at radius 1 is 1.71 bits per heavy atom. The molecule has 0 fully saturated rings. The lowest BCUT2D eigenvalue weighted by molar-refractivity contribution is 0.147. The highest BCUT2D eigenvalue weighted by Crippen LogP contribution is 1.91. The Morgan fingerprint density at radius 3 is 3.07 bits per heavy atom. The SMILES string of the molecule is CCOC(=O)NC(C)Cn1cccn1. The van der Waals surface area contributed by atoms with Crippen molar-refractivity contribution in [1.82, 2.24) is 15.1 Å². The largest absolute Gasteiger partial charge is 0.450 e. The van der Waals surface area contributed by atoms with Gasteiger partial charge in [-0.3, -0.25) is 4.68 Å². The molecule has 0 aliphatic rings. The summed E-state index contributed by atoms with van der Waals surface area (Å²) in [7, 11) is 0. The van der Waals surface area contributed by atoms with Gasteiger partial charge in [-0.05, 0) is 19.9 Å². The first-order valence-electron chi connectivity index (χ1n) is 4.63. The number of nitrogens with one attached hydrogen (secondary N) is 1. The van der Waals surface area contributed by atoms with Crippen molar-refractivity contribution in [2.45, 2.75) is 26.4 Å². The molecule has 0 bridgehead atoms. The molecule has 1 atom stereocenters. The standard InChI is InChI=1S/C9H15N3O2/c1-3-14-9(13)11-8(2)7-12-6-4-5-10-12/h4-6,8H,3,7H2,1-2H3,(H,11,13). The van der Waals surface area contributed by atoms with Gasteiger partial charge in [0, 0.05) is 18.4 Å². The molecule has 1 N–H and O–H groups in total. The molecule has 1 rings (SSSR count). The number of carbonyl (C=O) groups excluding carboxylic acids is 1. The van der Waals surface area contributed by atoms with Gasteiger partial charge >= 0.3 is 6.09 Å². The minimum Gasteiger partial charge on any atom is -0.450 e. The molecule has 0 radical (unpaired) electrons. The van der Waals surface area contributed by atoms with Crippen LogP contribution in [0.25, 0.3) is 0 Å². The van der Waals surface area contributed by atoms with Gasteiger partial charge < -0.3 is 10.1 Å².